The molecule has 0 fully saturated rings. The minimum Gasteiger partial charge on any atom is -0.341 e. The number of nitrogens with zero attached hydrogens (tertiary/aromatic N) is 4. The Bertz CT molecular complexity index is 872. The van der Waals surface area contributed by atoms with E-state index in [1.807, 2.05) is 50.3 Å². The van der Waals surface area contributed by atoms with Crippen LogP contribution >= 0.6 is 0 Å². The molecule has 0 atom stereocenters. The lowest BCUT2D eigenvalue weighted by Crippen LogP contribution is -2.17. The third kappa shape index (κ3) is 4.01. The number of anilines is 3. The summed E-state index contributed by atoms with van der Waals surface area (Å²) in [4.78, 5) is 26.6. The molecule has 6 nitrogen and oxygen atoms in total. The van der Waals surface area contributed by atoms with Gasteiger partial charge in [-0.05, 0) is 12.1 Å². The number of hydrogen-bond acceptors (Lipinski definition) is 5. The average Bonchev–Trinajstić information content (AvgIpc) is 2.68. The molecule has 7 heteroatoms. The summed E-state index contributed by atoms with van der Waals surface area (Å²) in [6.45, 7) is 1.94. The SMILES string of the molecule is C[B]c1cccc(C(=O)Nc2cncc(N(C)c3cncnc3)c2)c1. The van der Waals surface area contributed by atoms with E-state index >= 15 is 0 Å². The van der Waals surface area contributed by atoms with Crippen molar-refractivity contribution < 1.29 is 4.79 Å². The van der Waals surface area contributed by atoms with E-state index in [4.69, 9.17) is 0 Å². The molecule has 0 unspecified atom stereocenters. The Morgan fingerprint density at radius 3 is 2.56 bits per heavy atom. The van der Waals surface area contributed by atoms with Gasteiger partial charge in [0.1, 0.15) is 13.6 Å². The van der Waals surface area contributed by atoms with Gasteiger partial charge in [-0.15, -0.1) is 0 Å². The Kier molecular flexibility index (Phi) is 5.04. The monoisotopic (exact) mass is 330 g/mol. The summed E-state index contributed by atoms with van der Waals surface area (Å²) >= 11 is 0. The van der Waals surface area contributed by atoms with Crippen molar-refractivity contribution in [1.82, 2.24) is 15.0 Å². The number of rotatable bonds is 5. The van der Waals surface area contributed by atoms with E-state index in [0.717, 1.165) is 16.8 Å². The van der Waals surface area contributed by atoms with E-state index < -0.39 is 0 Å². The van der Waals surface area contributed by atoms with E-state index in [1.165, 1.54) is 6.33 Å². The van der Waals surface area contributed by atoms with Gasteiger partial charge in [-0.25, -0.2) is 9.97 Å². The first-order valence-corrected chi connectivity index (χ1v) is 7.82. The first kappa shape index (κ1) is 16.6. The van der Waals surface area contributed by atoms with E-state index in [1.54, 1.807) is 30.9 Å². The van der Waals surface area contributed by atoms with Gasteiger partial charge in [-0.1, -0.05) is 30.5 Å². The van der Waals surface area contributed by atoms with Crippen molar-refractivity contribution in [3.8, 4) is 0 Å². The minimum absolute atomic E-state index is 0.173. The summed E-state index contributed by atoms with van der Waals surface area (Å²) in [6, 6.07) is 9.30. The maximum Gasteiger partial charge on any atom is 0.255 e. The Morgan fingerprint density at radius 1 is 1.04 bits per heavy atom. The van der Waals surface area contributed by atoms with Crippen molar-refractivity contribution in [2.75, 3.05) is 17.3 Å². The van der Waals surface area contributed by atoms with Crippen LogP contribution in [0.5, 0.6) is 0 Å². The highest BCUT2D eigenvalue weighted by atomic mass is 16.1. The van der Waals surface area contributed by atoms with Crippen LogP contribution in [-0.2, 0) is 0 Å². The zero-order chi connectivity index (χ0) is 17.6. The lowest BCUT2D eigenvalue weighted by atomic mass is 9.73. The Hall–Kier alpha value is -3.22. The third-order valence-electron chi connectivity index (χ3n) is 3.79. The molecule has 1 amide bonds. The summed E-state index contributed by atoms with van der Waals surface area (Å²) in [7, 11) is 3.84. The summed E-state index contributed by atoms with van der Waals surface area (Å²) in [5, 5.41) is 2.88. The third-order valence-corrected chi connectivity index (χ3v) is 3.79. The molecule has 2 heterocycles. The number of carbonyl (C=O) groups excluding carboxylic acids is 1. The second-order valence-corrected chi connectivity index (χ2v) is 5.46. The first-order valence-electron chi connectivity index (χ1n) is 7.82. The highest BCUT2D eigenvalue weighted by Crippen LogP contribution is 2.23. The molecule has 0 aliphatic heterocycles. The van der Waals surface area contributed by atoms with Crippen LogP contribution in [0.2, 0.25) is 6.82 Å². The molecular weight excluding hydrogens is 313 g/mol. The standard InChI is InChI=1S/C18H17BN5O/c1-19-14-5-3-4-13(6-14)18(25)23-15-7-16(9-20-8-15)24(2)17-10-21-12-22-11-17/h3-12H,1-2H3,(H,23,25). The van der Waals surface area contributed by atoms with Crippen LogP contribution < -0.4 is 15.7 Å². The quantitative estimate of drug-likeness (QED) is 0.727. The van der Waals surface area contributed by atoms with Crippen LogP contribution in [0, 0.1) is 0 Å². The molecule has 1 aromatic carbocycles. The summed E-state index contributed by atoms with van der Waals surface area (Å²) in [6.07, 6.45) is 8.24. The Labute approximate surface area is 147 Å². The number of nitrogens with one attached hydrogen (secondary N) is 1. The van der Waals surface area contributed by atoms with Gasteiger partial charge in [-0.2, -0.15) is 0 Å². The molecule has 123 valence electrons. The Morgan fingerprint density at radius 2 is 1.80 bits per heavy atom. The second kappa shape index (κ2) is 7.57. The number of amides is 1. The van der Waals surface area contributed by atoms with Crippen LogP contribution in [0.15, 0.2) is 61.4 Å². The zero-order valence-corrected chi connectivity index (χ0v) is 14.0. The maximum atomic E-state index is 12.4. The number of benzene rings is 1. The van der Waals surface area contributed by atoms with Gasteiger partial charge in [0, 0.05) is 12.6 Å². The van der Waals surface area contributed by atoms with Gasteiger partial charge >= 0.3 is 0 Å². The molecule has 1 N–H and O–H groups in total. The molecule has 0 aliphatic carbocycles. The van der Waals surface area contributed by atoms with Crippen LogP contribution in [0.4, 0.5) is 17.1 Å². The van der Waals surface area contributed by atoms with Gasteiger partial charge in [0.2, 0.25) is 0 Å². The number of aromatic nitrogens is 3. The fraction of sp³-hybridized carbons (Fsp3) is 0.111. The van der Waals surface area contributed by atoms with Gasteiger partial charge < -0.3 is 10.2 Å². The normalized spacial score (nSPS) is 10.2. The van der Waals surface area contributed by atoms with E-state index in [-0.39, 0.29) is 5.91 Å². The zero-order valence-electron chi connectivity index (χ0n) is 14.0. The molecule has 0 saturated heterocycles. The van der Waals surface area contributed by atoms with Gasteiger partial charge in [0.05, 0.1) is 41.8 Å². The molecule has 0 bridgehead atoms. The van der Waals surface area contributed by atoms with Gasteiger partial charge in [0.25, 0.3) is 5.91 Å². The topological polar surface area (TPSA) is 71.0 Å². The minimum atomic E-state index is -0.173. The van der Waals surface area contributed by atoms with Crippen molar-refractivity contribution >= 4 is 35.7 Å². The fourth-order valence-corrected chi connectivity index (χ4v) is 2.36. The molecule has 0 saturated carbocycles. The van der Waals surface area contributed by atoms with Crippen molar-refractivity contribution in [2.45, 2.75) is 6.82 Å². The van der Waals surface area contributed by atoms with Crippen molar-refractivity contribution in [2.24, 2.45) is 0 Å². The molecule has 25 heavy (non-hydrogen) atoms. The van der Waals surface area contributed by atoms with E-state index in [2.05, 4.69) is 20.3 Å². The van der Waals surface area contributed by atoms with Crippen molar-refractivity contribution in [1.29, 1.82) is 0 Å². The highest BCUT2D eigenvalue weighted by molar-refractivity contribution is 6.52. The summed E-state index contributed by atoms with van der Waals surface area (Å²) < 4.78 is 0. The Balaban J connectivity index is 1.78. The number of carbonyl (C=O) groups is 1. The van der Waals surface area contributed by atoms with Crippen LogP contribution in [0.1, 0.15) is 10.4 Å². The molecule has 1 radical (unpaired) electrons. The fourth-order valence-electron chi connectivity index (χ4n) is 2.36. The summed E-state index contributed by atoms with van der Waals surface area (Å²) in [5.74, 6) is -0.173. The van der Waals surface area contributed by atoms with Crippen LogP contribution in [-0.4, -0.2) is 35.2 Å². The van der Waals surface area contributed by atoms with Gasteiger partial charge in [-0.3, -0.25) is 9.78 Å². The van der Waals surface area contributed by atoms with Crippen LogP contribution in [0.25, 0.3) is 0 Å². The first-order chi connectivity index (χ1) is 12.2. The largest absolute Gasteiger partial charge is 0.341 e. The maximum absolute atomic E-state index is 12.4. The predicted octanol–water partition coefficient (Wildman–Crippen LogP) is 2.27. The molecule has 2 aromatic heterocycles. The predicted molar refractivity (Wildman–Crippen MR) is 100.0 cm³/mol. The number of pyridine rings is 1. The lowest BCUT2D eigenvalue weighted by molar-refractivity contribution is 0.102. The molecule has 0 aliphatic rings. The lowest BCUT2D eigenvalue weighted by Gasteiger charge is -2.18. The molecule has 3 aromatic rings. The molecular formula is C18H17BN5O. The molecule has 0 spiro atoms. The van der Waals surface area contributed by atoms with E-state index in [9.17, 15) is 4.79 Å². The highest BCUT2D eigenvalue weighted by Gasteiger charge is 2.10. The summed E-state index contributed by atoms with van der Waals surface area (Å²) in [5.41, 5.74) is 3.88. The average molecular weight is 330 g/mol. The molecule has 3 rings (SSSR count). The van der Waals surface area contributed by atoms with Gasteiger partial charge in [0.15, 0.2) is 0 Å². The second-order valence-electron chi connectivity index (χ2n) is 5.46. The van der Waals surface area contributed by atoms with Crippen LogP contribution in [0.3, 0.4) is 0 Å². The van der Waals surface area contributed by atoms with E-state index in [0.29, 0.717) is 11.3 Å². The smallest absolute Gasteiger partial charge is 0.255 e. The van der Waals surface area contributed by atoms with Crippen molar-refractivity contribution in [3.05, 3.63) is 67.0 Å². The number of hydrogen-bond donors (Lipinski definition) is 1. The van der Waals surface area contributed by atoms with Crippen molar-refractivity contribution in [3.63, 3.8) is 0 Å².